The van der Waals surface area contributed by atoms with Crippen molar-refractivity contribution in [2.75, 3.05) is 11.9 Å². The van der Waals surface area contributed by atoms with Gasteiger partial charge in [0.15, 0.2) is 5.78 Å². The van der Waals surface area contributed by atoms with Crippen LogP contribution in [0.25, 0.3) is 0 Å². The van der Waals surface area contributed by atoms with Gasteiger partial charge in [-0.3, -0.25) is 4.79 Å². The lowest BCUT2D eigenvalue weighted by Crippen LogP contribution is -2.43. The molecular formula is C29H37N3O. The van der Waals surface area contributed by atoms with E-state index in [0.717, 1.165) is 30.6 Å². The van der Waals surface area contributed by atoms with Crippen molar-refractivity contribution < 1.29 is 4.79 Å². The smallest absolute Gasteiger partial charge is 0.169 e. The van der Waals surface area contributed by atoms with E-state index in [1.807, 2.05) is 0 Å². The summed E-state index contributed by atoms with van der Waals surface area (Å²) in [6.45, 7) is 10.9. The molecule has 0 saturated heterocycles. The van der Waals surface area contributed by atoms with E-state index in [1.165, 1.54) is 16.7 Å². The van der Waals surface area contributed by atoms with Crippen LogP contribution in [-0.2, 0) is 11.0 Å². The first-order valence-corrected chi connectivity index (χ1v) is 12.2. The minimum atomic E-state index is -0.176. The molecule has 0 amide bonds. The van der Waals surface area contributed by atoms with Gasteiger partial charge in [0.2, 0.25) is 0 Å². The van der Waals surface area contributed by atoms with Crippen LogP contribution in [0.15, 0.2) is 60.8 Å². The number of rotatable bonds is 7. The van der Waals surface area contributed by atoms with Gasteiger partial charge in [-0.15, -0.1) is 0 Å². The first-order chi connectivity index (χ1) is 15.7. The Kier molecular flexibility index (Phi) is 6.22. The molecule has 3 aromatic rings. The number of benzene rings is 2. The Bertz CT molecular complexity index is 1110. The van der Waals surface area contributed by atoms with Crippen LogP contribution in [0.2, 0.25) is 0 Å². The average molecular weight is 444 g/mol. The number of hydrogen-bond donors (Lipinski definition) is 0. The normalized spacial score (nSPS) is 17.6. The molecule has 0 spiro atoms. The summed E-state index contributed by atoms with van der Waals surface area (Å²) in [5.74, 6) is 1.12. The maximum absolute atomic E-state index is 13.9. The minimum absolute atomic E-state index is 0.165. The van der Waals surface area contributed by atoms with Gasteiger partial charge < -0.3 is 4.90 Å². The molecule has 0 aliphatic carbocycles. The summed E-state index contributed by atoms with van der Waals surface area (Å²) >= 11 is 0. The molecule has 0 radical (unpaired) electrons. The Morgan fingerprint density at radius 3 is 2.30 bits per heavy atom. The van der Waals surface area contributed by atoms with Crippen molar-refractivity contribution in [3.8, 4) is 0 Å². The largest absolute Gasteiger partial charge is 0.352 e. The molecule has 1 unspecified atom stereocenters. The van der Waals surface area contributed by atoms with E-state index in [9.17, 15) is 4.79 Å². The van der Waals surface area contributed by atoms with Crippen LogP contribution in [0.5, 0.6) is 0 Å². The molecule has 4 heteroatoms. The third-order valence-electron chi connectivity index (χ3n) is 7.81. The number of carbonyl (C=O) groups is 1. The summed E-state index contributed by atoms with van der Waals surface area (Å²) in [6, 6.07) is 19.5. The summed E-state index contributed by atoms with van der Waals surface area (Å²) in [7, 11) is 2.10. The zero-order chi connectivity index (χ0) is 23.8. The summed E-state index contributed by atoms with van der Waals surface area (Å²) in [5, 5.41) is 4.73. The molecule has 0 bridgehead atoms. The third-order valence-corrected chi connectivity index (χ3v) is 7.81. The number of ketones is 1. The quantitative estimate of drug-likeness (QED) is 0.375. The van der Waals surface area contributed by atoms with E-state index < -0.39 is 0 Å². The molecule has 4 rings (SSSR count). The number of fused-ring (bicyclic) bond motifs is 1. The highest BCUT2D eigenvalue weighted by atomic mass is 16.1. The number of anilines is 1. The maximum Gasteiger partial charge on any atom is 0.169 e. The number of nitrogens with zero attached hydrogens (tertiary/aromatic N) is 3. The van der Waals surface area contributed by atoms with Gasteiger partial charge in [0.05, 0.1) is 23.3 Å². The predicted molar refractivity (Wildman–Crippen MR) is 136 cm³/mol. The fraction of sp³-hybridized carbons (Fsp3) is 0.448. The first-order valence-electron chi connectivity index (χ1n) is 12.2. The number of carbonyl (C=O) groups excluding carboxylic acids is 1. The van der Waals surface area contributed by atoms with Gasteiger partial charge in [-0.1, -0.05) is 74.0 Å². The molecule has 1 aromatic heterocycles. The van der Waals surface area contributed by atoms with Gasteiger partial charge in [-0.05, 0) is 51.2 Å². The van der Waals surface area contributed by atoms with Crippen molar-refractivity contribution in [1.29, 1.82) is 0 Å². The van der Waals surface area contributed by atoms with Crippen LogP contribution in [-0.4, -0.2) is 22.6 Å². The molecule has 4 nitrogen and oxygen atoms in total. The second-order valence-corrected chi connectivity index (χ2v) is 10.3. The standard InChI is InChI=1S/C29H37N3O/c1-7-29(8-2,23-16-14-21(3)15-17-23)19-26(33)24-20-30-32-27(24)31(6)25(18-28(32,4)5)22-12-10-9-11-13-22/h9-17,20,25H,7-8,18-19H2,1-6H3. The van der Waals surface area contributed by atoms with Gasteiger partial charge >= 0.3 is 0 Å². The molecule has 0 fully saturated rings. The highest BCUT2D eigenvalue weighted by molar-refractivity contribution is 6.01. The average Bonchev–Trinajstić information content (AvgIpc) is 3.28. The summed E-state index contributed by atoms with van der Waals surface area (Å²) in [5.41, 5.74) is 4.17. The van der Waals surface area contributed by atoms with Crippen LogP contribution in [0.3, 0.4) is 0 Å². The molecule has 1 aliphatic rings. The van der Waals surface area contributed by atoms with E-state index in [1.54, 1.807) is 6.20 Å². The highest BCUT2D eigenvalue weighted by Crippen LogP contribution is 2.45. The van der Waals surface area contributed by atoms with Crippen molar-refractivity contribution in [2.45, 2.75) is 77.3 Å². The molecule has 0 N–H and O–H groups in total. The number of aromatic nitrogens is 2. The van der Waals surface area contributed by atoms with E-state index in [4.69, 9.17) is 5.10 Å². The molecule has 2 heterocycles. The lowest BCUT2D eigenvalue weighted by atomic mass is 9.71. The number of Topliss-reactive ketones (excluding diaryl/α,β-unsaturated/α-hetero) is 1. The minimum Gasteiger partial charge on any atom is -0.352 e. The van der Waals surface area contributed by atoms with Crippen LogP contribution in [0.1, 0.15) is 86.5 Å². The summed E-state index contributed by atoms with van der Waals surface area (Å²) < 4.78 is 2.06. The predicted octanol–water partition coefficient (Wildman–Crippen LogP) is 6.84. The molecule has 33 heavy (non-hydrogen) atoms. The third kappa shape index (κ3) is 4.12. The highest BCUT2D eigenvalue weighted by Gasteiger charge is 2.41. The zero-order valence-corrected chi connectivity index (χ0v) is 20.9. The first kappa shape index (κ1) is 23.3. The van der Waals surface area contributed by atoms with Crippen molar-refractivity contribution in [2.24, 2.45) is 0 Å². The molecule has 0 saturated carbocycles. The molecule has 174 valence electrons. The van der Waals surface area contributed by atoms with Crippen LogP contribution in [0.4, 0.5) is 5.82 Å². The van der Waals surface area contributed by atoms with E-state index >= 15 is 0 Å². The topological polar surface area (TPSA) is 38.1 Å². The summed E-state index contributed by atoms with van der Waals surface area (Å²) in [6.07, 6.45) is 5.08. The molecule has 2 aromatic carbocycles. The monoisotopic (exact) mass is 443 g/mol. The van der Waals surface area contributed by atoms with Crippen molar-refractivity contribution in [3.05, 3.63) is 83.0 Å². The second kappa shape index (κ2) is 8.81. The molecule has 1 aliphatic heterocycles. The summed E-state index contributed by atoms with van der Waals surface area (Å²) in [4.78, 5) is 16.1. The lowest BCUT2D eigenvalue weighted by Gasteiger charge is -2.44. The molecular weight excluding hydrogens is 406 g/mol. The zero-order valence-electron chi connectivity index (χ0n) is 20.9. The van der Waals surface area contributed by atoms with Gasteiger partial charge in [0.1, 0.15) is 5.82 Å². The van der Waals surface area contributed by atoms with E-state index in [-0.39, 0.29) is 22.8 Å². The SMILES string of the molecule is CCC(CC)(CC(=O)c1cnn2c1N(C)C(c1ccccc1)CC2(C)C)c1ccc(C)cc1. The Balaban J connectivity index is 1.72. The number of hydrogen-bond acceptors (Lipinski definition) is 3. The van der Waals surface area contributed by atoms with Gasteiger partial charge in [0.25, 0.3) is 0 Å². The van der Waals surface area contributed by atoms with Crippen LogP contribution < -0.4 is 4.90 Å². The van der Waals surface area contributed by atoms with Gasteiger partial charge in [-0.25, -0.2) is 4.68 Å². The maximum atomic E-state index is 13.9. The molecule has 1 atom stereocenters. The van der Waals surface area contributed by atoms with E-state index in [2.05, 4.69) is 106 Å². The second-order valence-electron chi connectivity index (χ2n) is 10.3. The van der Waals surface area contributed by atoms with Crippen molar-refractivity contribution in [3.63, 3.8) is 0 Å². The van der Waals surface area contributed by atoms with Gasteiger partial charge in [-0.2, -0.15) is 5.10 Å². The van der Waals surface area contributed by atoms with E-state index in [0.29, 0.717) is 6.42 Å². The number of aryl methyl sites for hydroxylation is 1. The van der Waals surface area contributed by atoms with Gasteiger partial charge in [0, 0.05) is 18.9 Å². The Morgan fingerprint density at radius 1 is 1.06 bits per heavy atom. The van der Waals surface area contributed by atoms with Crippen LogP contribution >= 0.6 is 0 Å². The van der Waals surface area contributed by atoms with Crippen molar-refractivity contribution in [1.82, 2.24) is 9.78 Å². The van der Waals surface area contributed by atoms with Crippen molar-refractivity contribution >= 4 is 11.6 Å². The Labute approximate surface area is 198 Å². The Morgan fingerprint density at radius 2 is 1.70 bits per heavy atom. The van der Waals surface area contributed by atoms with Crippen LogP contribution in [0, 0.1) is 6.92 Å². The fourth-order valence-corrected chi connectivity index (χ4v) is 5.50. The fourth-order valence-electron chi connectivity index (χ4n) is 5.50. The lowest BCUT2D eigenvalue weighted by molar-refractivity contribution is 0.0944. The Hall–Kier alpha value is -2.88.